The van der Waals surface area contributed by atoms with Crippen LogP contribution in [0.4, 0.5) is 22.2 Å². The maximum atomic E-state index is 11.5. The molecule has 9 nitrogen and oxygen atoms in total. The van der Waals surface area contributed by atoms with Crippen LogP contribution in [0.5, 0.6) is 5.75 Å². The van der Waals surface area contributed by atoms with Crippen molar-refractivity contribution in [2.45, 2.75) is 19.9 Å². The second-order valence-corrected chi connectivity index (χ2v) is 5.57. The molecule has 0 unspecified atom stereocenters. The van der Waals surface area contributed by atoms with Crippen molar-refractivity contribution < 1.29 is 14.6 Å². The van der Waals surface area contributed by atoms with Crippen molar-refractivity contribution >= 4 is 29.2 Å². The minimum absolute atomic E-state index is 0.220. The van der Waals surface area contributed by atoms with E-state index in [1.165, 1.54) is 0 Å². The van der Waals surface area contributed by atoms with E-state index < -0.39 is 6.09 Å². The molecule has 2 aromatic heterocycles. The molecule has 9 heteroatoms. The van der Waals surface area contributed by atoms with Gasteiger partial charge in [0, 0.05) is 24.1 Å². The Morgan fingerprint density at radius 3 is 2.60 bits per heavy atom. The molecule has 0 saturated carbocycles. The maximum absolute atomic E-state index is 11.5. The fraction of sp³-hybridized carbons (Fsp3) is 0.250. The molecule has 1 aromatic carbocycles. The molecule has 0 radical (unpaired) electrons. The van der Waals surface area contributed by atoms with Crippen LogP contribution in [0.1, 0.15) is 13.8 Å². The number of anilines is 3. The Morgan fingerprint density at radius 2 is 2.00 bits per heavy atom. The summed E-state index contributed by atoms with van der Waals surface area (Å²) in [6, 6.07) is 7.06. The zero-order valence-electron chi connectivity index (χ0n) is 14.0. The van der Waals surface area contributed by atoms with E-state index in [0.717, 1.165) is 16.3 Å². The van der Waals surface area contributed by atoms with E-state index in [9.17, 15) is 9.90 Å². The lowest BCUT2D eigenvalue weighted by atomic mass is 10.3. The van der Waals surface area contributed by atoms with E-state index in [4.69, 9.17) is 4.74 Å². The normalized spacial score (nSPS) is 10.9. The fourth-order valence-electron chi connectivity index (χ4n) is 2.42. The van der Waals surface area contributed by atoms with Crippen molar-refractivity contribution in [3.8, 4) is 5.75 Å². The van der Waals surface area contributed by atoms with E-state index in [0.29, 0.717) is 11.5 Å². The van der Waals surface area contributed by atoms with Crippen LogP contribution in [0, 0.1) is 0 Å². The Balaban J connectivity index is 1.99. The van der Waals surface area contributed by atoms with Gasteiger partial charge < -0.3 is 15.2 Å². The van der Waals surface area contributed by atoms with Gasteiger partial charge in [-0.15, -0.1) is 10.2 Å². The molecule has 3 aromatic rings. The SMILES string of the molecule is COc1ccc(Nc2nccn3c(N(C(=O)O)C(C)C)nnc23)cc1. The Hall–Kier alpha value is -3.36. The van der Waals surface area contributed by atoms with Gasteiger partial charge in [-0.05, 0) is 38.1 Å². The van der Waals surface area contributed by atoms with E-state index in [1.54, 1.807) is 37.8 Å². The van der Waals surface area contributed by atoms with Crippen LogP contribution in [0.15, 0.2) is 36.7 Å². The quantitative estimate of drug-likeness (QED) is 0.734. The summed E-state index contributed by atoms with van der Waals surface area (Å²) in [7, 11) is 1.60. The van der Waals surface area contributed by atoms with Crippen LogP contribution < -0.4 is 15.0 Å². The highest BCUT2D eigenvalue weighted by Crippen LogP contribution is 2.24. The monoisotopic (exact) mass is 342 g/mol. The van der Waals surface area contributed by atoms with Gasteiger partial charge in [0.25, 0.3) is 0 Å². The van der Waals surface area contributed by atoms with Crippen molar-refractivity contribution in [2.24, 2.45) is 0 Å². The average Bonchev–Trinajstić information content (AvgIpc) is 3.00. The van der Waals surface area contributed by atoms with Gasteiger partial charge >= 0.3 is 6.09 Å². The molecule has 0 spiro atoms. The molecule has 25 heavy (non-hydrogen) atoms. The average molecular weight is 342 g/mol. The number of amides is 1. The third-order valence-electron chi connectivity index (χ3n) is 3.60. The molecular weight excluding hydrogens is 324 g/mol. The number of benzene rings is 1. The number of nitrogens with zero attached hydrogens (tertiary/aromatic N) is 5. The highest BCUT2D eigenvalue weighted by Gasteiger charge is 2.24. The third kappa shape index (κ3) is 3.16. The molecule has 0 aliphatic heterocycles. The molecule has 3 rings (SSSR count). The summed E-state index contributed by atoms with van der Waals surface area (Å²) in [5.41, 5.74) is 1.23. The van der Waals surface area contributed by atoms with Crippen LogP contribution in [0.2, 0.25) is 0 Å². The minimum atomic E-state index is -1.09. The smallest absolute Gasteiger partial charge is 0.414 e. The Bertz CT molecular complexity index is 891. The minimum Gasteiger partial charge on any atom is -0.497 e. The summed E-state index contributed by atoms with van der Waals surface area (Å²) in [5.74, 6) is 1.44. The molecule has 0 aliphatic rings. The van der Waals surface area contributed by atoms with Crippen molar-refractivity contribution in [2.75, 3.05) is 17.3 Å². The fourth-order valence-corrected chi connectivity index (χ4v) is 2.42. The molecule has 0 bridgehead atoms. The molecule has 0 atom stereocenters. The van der Waals surface area contributed by atoms with Gasteiger partial charge in [-0.1, -0.05) is 0 Å². The number of fused-ring (bicyclic) bond motifs is 1. The zero-order chi connectivity index (χ0) is 18.0. The third-order valence-corrected chi connectivity index (χ3v) is 3.60. The molecule has 1 amide bonds. The largest absolute Gasteiger partial charge is 0.497 e. The lowest BCUT2D eigenvalue weighted by Crippen LogP contribution is -2.37. The summed E-state index contributed by atoms with van der Waals surface area (Å²) < 4.78 is 6.72. The van der Waals surface area contributed by atoms with E-state index >= 15 is 0 Å². The van der Waals surface area contributed by atoms with Gasteiger partial charge in [-0.2, -0.15) is 0 Å². The predicted molar refractivity (Wildman–Crippen MR) is 92.7 cm³/mol. The first kappa shape index (κ1) is 16.5. The number of carboxylic acid groups (broad SMARTS) is 1. The second-order valence-electron chi connectivity index (χ2n) is 5.57. The predicted octanol–water partition coefficient (Wildman–Crippen LogP) is 2.77. The zero-order valence-corrected chi connectivity index (χ0v) is 14.0. The number of aromatic nitrogens is 4. The number of hydrogen-bond acceptors (Lipinski definition) is 6. The van der Waals surface area contributed by atoms with E-state index in [2.05, 4.69) is 20.5 Å². The van der Waals surface area contributed by atoms with Crippen LogP contribution in [-0.2, 0) is 0 Å². The topological polar surface area (TPSA) is 105 Å². The summed E-state index contributed by atoms with van der Waals surface area (Å²) in [5, 5.41) is 20.7. The lowest BCUT2D eigenvalue weighted by molar-refractivity contribution is 0.199. The van der Waals surface area contributed by atoms with Gasteiger partial charge in [0.05, 0.1) is 7.11 Å². The first-order chi connectivity index (χ1) is 12.0. The highest BCUT2D eigenvalue weighted by atomic mass is 16.5. The van der Waals surface area contributed by atoms with Crippen LogP contribution in [0.3, 0.4) is 0 Å². The summed E-state index contributed by atoms with van der Waals surface area (Å²) in [6.45, 7) is 3.54. The summed E-state index contributed by atoms with van der Waals surface area (Å²) in [6.07, 6.45) is 2.10. The van der Waals surface area contributed by atoms with Gasteiger partial charge in [-0.25, -0.2) is 14.7 Å². The maximum Gasteiger partial charge on any atom is 0.414 e. The van der Waals surface area contributed by atoms with Gasteiger partial charge in [0.15, 0.2) is 5.82 Å². The molecule has 0 saturated heterocycles. The number of rotatable bonds is 5. The van der Waals surface area contributed by atoms with Crippen LogP contribution in [0.25, 0.3) is 5.65 Å². The highest BCUT2D eigenvalue weighted by molar-refractivity contribution is 5.85. The first-order valence-electron chi connectivity index (χ1n) is 7.64. The molecule has 130 valence electrons. The van der Waals surface area contributed by atoms with Crippen molar-refractivity contribution in [3.05, 3.63) is 36.7 Å². The molecule has 0 aliphatic carbocycles. The Labute approximate surface area is 143 Å². The van der Waals surface area contributed by atoms with Crippen molar-refractivity contribution in [1.29, 1.82) is 0 Å². The van der Waals surface area contributed by atoms with Crippen molar-refractivity contribution in [1.82, 2.24) is 19.6 Å². The molecular formula is C16H18N6O3. The molecule has 2 N–H and O–H groups in total. The first-order valence-corrected chi connectivity index (χ1v) is 7.64. The van der Waals surface area contributed by atoms with Crippen LogP contribution in [-0.4, -0.2) is 43.9 Å². The van der Waals surface area contributed by atoms with E-state index in [-0.39, 0.29) is 12.0 Å². The number of ether oxygens (including phenoxy) is 1. The van der Waals surface area contributed by atoms with Gasteiger partial charge in [-0.3, -0.25) is 4.40 Å². The van der Waals surface area contributed by atoms with Gasteiger partial charge in [0.1, 0.15) is 5.75 Å². The van der Waals surface area contributed by atoms with Crippen LogP contribution >= 0.6 is 0 Å². The summed E-state index contributed by atoms with van der Waals surface area (Å²) in [4.78, 5) is 16.9. The second kappa shape index (κ2) is 6.63. The standard InChI is InChI=1S/C16H18N6O3/c1-10(2)22(16(23)24)15-20-19-14-13(17-8-9-21(14)15)18-11-4-6-12(25-3)7-5-11/h4-10H,1-3H3,(H,17,18)(H,23,24). The molecule has 2 heterocycles. The lowest BCUT2D eigenvalue weighted by Gasteiger charge is -2.20. The Kier molecular flexibility index (Phi) is 4.38. The van der Waals surface area contributed by atoms with E-state index in [1.807, 2.05) is 24.3 Å². The number of methoxy groups -OCH3 is 1. The van der Waals surface area contributed by atoms with Crippen molar-refractivity contribution in [3.63, 3.8) is 0 Å². The molecule has 0 fully saturated rings. The number of carbonyl (C=O) groups is 1. The van der Waals surface area contributed by atoms with Gasteiger partial charge in [0.2, 0.25) is 11.6 Å². The number of hydrogen-bond donors (Lipinski definition) is 2. The number of nitrogens with one attached hydrogen (secondary N) is 1. The summed E-state index contributed by atoms with van der Waals surface area (Å²) >= 11 is 0. The Morgan fingerprint density at radius 1 is 1.28 bits per heavy atom.